The summed E-state index contributed by atoms with van der Waals surface area (Å²) >= 11 is 0. The second-order valence-corrected chi connectivity index (χ2v) is 5.19. The average molecular weight is 299 g/mol. The van der Waals surface area contributed by atoms with Crippen molar-refractivity contribution in [3.05, 3.63) is 40.6 Å². The van der Waals surface area contributed by atoms with Crippen molar-refractivity contribution < 1.29 is 17.9 Å². The van der Waals surface area contributed by atoms with Gasteiger partial charge in [0.2, 0.25) is 0 Å². The van der Waals surface area contributed by atoms with Crippen molar-refractivity contribution in [3.8, 4) is 0 Å². The molecule has 1 aromatic carbocycles. The van der Waals surface area contributed by atoms with Gasteiger partial charge in [-0.1, -0.05) is 11.2 Å². The molecule has 4 N–H and O–H groups in total. The van der Waals surface area contributed by atoms with Crippen LogP contribution in [0.25, 0.3) is 0 Å². The number of sulfonamides is 1. The van der Waals surface area contributed by atoms with E-state index >= 15 is 0 Å². The van der Waals surface area contributed by atoms with Gasteiger partial charge in [0, 0.05) is 6.07 Å². The average Bonchev–Trinajstić information content (AvgIpc) is 2.89. The zero-order chi connectivity index (χ0) is 14.8. The van der Waals surface area contributed by atoms with E-state index in [2.05, 4.69) is 19.8 Å². The standard InChI is InChI=1S/C9H9N5O5S/c10-11-6-2-1-3-7(9(6)14(15)16)20(17,18)13-8-4-5-19-12-8/h1-5,11H,10H2,(H,12,13). The quantitative estimate of drug-likeness (QED) is 0.413. The lowest BCUT2D eigenvalue weighted by molar-refractivity contribution is -0.386. The molecule has 0 fully saturated rings. The Bertz CT molecular complexity index is 727. The van der Waals surface area contributed by atoms with Gasteiger partial charge in [-0.15, -0.1) is 0 Å². The first-order chi connectivity index (χ1) is 9.45. The van der Waals surface area contributed by atoms with Gasteiger partial charge in [0.1, 0.15) is 12.0 Å². The van der Waals surface area contributed by atoms with E-state index in [1.165, 1.54) is 18.2 Å². The number of hydrogen-bond donors (Lipinski definition) is 3. The van der Waals surface area contributed by atoms with Crippen LogP contribution < -0.4 is 16.0 Å². The minimum Gasteiger partial charge on any atom is -0.363 e. The Hall–Kier alpha value is -2.66. The predicted molar refractivity (Wildman–Crippen MR) is 68.2 cm³/mol. The van der Waals surface area contributed by atoms with Gasteiger partial charge in [-0.25, -0.2) is 8.42 Å². The summed E-state index contributed by atoms with van der Waals surface area (Å²) in [7, 11) is -4.20. The summed E-state index contributed by atoms with van der Waals surface area (Å²) < 4.78 is 30.8. The van der Waals surface area contributed by atoms with Crippen molar-refractivity contribution in [2.75, 3.05) is 10.1 Å². The van der Waals surface area contributed by atoms with E-state index in [0.717, 1.165) is 12.3 Å². The number of aromatic nitrogens is 1. The molecule has 0 bridgehead atoms. The molecule has 0 spiro atoms. The lowest BCUT2D eigenvalue weighted by atomic mass is 10.3. The fourth-order valence-electron chi connectivity index (χ4n) is 1.50. The van der Waals surface area contributed by atoms with E-state index in [-0.39, 0.29) is 11.5 Å². The van der Waals surface area contributed by atoms with E-state index in [1.807, 2.05) is 0 Å². The molecule has 0 unspecified atom stereocenters. The molecule has 1 heterocycles. The molecule has 106 valence electrons. The van der Waals surface area contributed by atoms with Crippen molar-refractivity contribution in [3.63, 3.8) is 0 Å². The van der Waals surface area contributed by atoms with Crippen LogP contribution in [0, 0.1) is 10.1 Å². The van der Waals surface area contributed by atoms with Crippen LogP contribution in [0.3, 0.4) is 0 Å². The SMILES string of the molecule is NNc1cccc(S(=O)(=O)Nc2ccon2)c1[N+](=O)[O-]. The maximum absolute atomic E-state index is 12.1. The highest BCUT2D eigenvalue weighted by Crippen LogP contribution is 2.32. The topological polar surface area (TPSA) is 153 Å². The lowest BCUT2D eigenvalue weighted by Gasteiger charge is -2.08. The number of rotatable bonds is 5. The van der Waals surface area contributed by atoms with E-state index < -0.39 is 25.5 Å². The number of hydrazine groups is 1. The van der Waals surface area contributed by atoms with Crippen LogP contribution in [0.5, 0.6) is 0 Å². The fraction of sp³-hybridized carbons (Fsp3) is 0. The summed E-state index contributed by atoms with van der Waals surface area (Å²) in [6.07, 6.45) is 1.16. The van der Waals surface area contributed by atoms with Crippen molar-refractivity contribution >= 4 is 27.2 Å². The number of nitrogens with zero attached hydrogens (tertiary/aromatic N) is 2. The predicted octanol–water partition coefficient (Wildman–Crippen LogP) is 0.669. The van der Waals surface area contributed by atoms with Gasteiger partial charge in [0.15, 0.2) is 10.7 Å². The number of nitrogens with one attached hydrogen (secondary N) is 2. The molecule has 2 rings (SSSR count). The third kappa shape index (κ3) is 2.53. The summed E-state index contributed by atoms with van der Waals surface area (Å²) in [6.45, 7) is 0. The number of nitrogen functional groups attached to an aromatic ring is 1. The Kier molecular flexibility index (Phi) is 3.54. The van der Waals surface area contributed by atoms with Crippen LogP contribution in [-0.2, 0) is 10.0 Å². The molecular weight excluding hydrogens is 290 g/mol. The van der Waals surface area contributed by atoms with Crippen LogP contribution in [0.2, 0.25) is 0 Å². The van der Waals surface area contributed by atoms with Crippen LogP contribution in [0.4, 0.5) is 17.2 Å². The molecule has 2 aromatic rings. The first-order valence-corrected chi connectivity index (χ1v) is 6.61. The molecule has 0 atom stereocenters. The van der Waals surface area contributed by atoms with E-state index in [1.54, 1.807) is 0 Å². The van der Waals surface area contributed by atoms with Crippen LogP contribution in [0.1, 0.15) is 0 Å². The minimum absolute atomic E-state index is 0.0922. The van der Waals surface area contributed by atoms with Crippen LogP contribution >= 0.6 is 0 Å². The molecule has 0 aliphatic heterocycles. The number of benzene rings is 1. The molecule has 0 saturated carbocycles. The number of nitro groups is 1. The number of para-hydroxylation sites is 1. The molecule has 0 aliphatic carbocycles. The monoisotopic (exact) mass is 299 g/mol. The lowest BCUT2D eigenvalue weighted by Crippen LogP contribution is -2.17. The molecule has 1 aromatic heterocycles. The zero-order valence-electron chi connectivity index (χ0n) is 9.81. The smallest absolute Gasteiger partial charge is 0.314 e. The summed E-state index contributed by atoms with van der Waals surface area (Å²) in [5.74, 6) is 5.05. The third-order valence-corrected chi connectivity index (χ3v) is 3.69. The van der Waals surface area contributed by atoms with E-state index in [9.17, 15) is 18.5 Å². The van der Waals surface area contributed by atoms with Crippen molar-refractivity contribution in [2.45, 2.75) is 4.90 Å². The minimum atomic E-state index is -4.20. The highest BCUT2D eigenvalue weighted by molar-refractivity contribution is 7.92. The summed E-state index contributed by atoms with van der Waals surface area (Å²) in [5, 5.41) is 14.4. The van der Waals surface area contributed by atoms with Crippen molar-refractivity contribution in [1.29, 1.82) is 0 Å². The molecule has 20 heavy (non-hydrogen) atoms. The number of hydrogen-bond acceptors (Lipinski definition) is 8. The third-order valence-electron chi connectivity index (χ3n) is 2.30. The van der Waals surface area contributed by atoms with Gasteiger partial charge in [-0.05, 0) is 12.1 Å². The second kappa shape index (κ2) is 5.14. The van der Waals surface area contributed by atoms with Crippen LogP contribution in [0.15, 0.2) is 39.9 Å². The maximum Gasteiger partial charge on any atom is 0.314 e. The molecule has 0 aliphatic rings. The van der Waals surface area contributed by atoms with E-state index in [4.69, 9.17) is 5.84 Å². The summed E-state index contributed by atoms with van der Waals surface area (Å²) in [5.41, 5.74) is 1.29. The Morgan fingerprint density at radius 3 is 2.65 bits per heavy atom. The Balaban J connectivity index is 2.54. The van der Waals surface area contributed by atoms with Gasteiger partial charge < -0.3 is 9.95 Å². The molecule has 11 heteroatoms. The number of nitro benzene ring substituents is 1. The van der Waals surface area contributed by atoms with Crippen LogP contribution in [-0.4, -0.2) is 18.5 Å². The van der Waals surface area contributed by atoms with E-state index in [0.29, 0.717) is 0 Å². The maximum atomic E-state index is 12.1. The molecular formula is C9H9N5O5S. The van der Waals surface area contributed by atoms with Gasteiger partial charge in [0.25, 0.3) is 10.0 Å². The normalized spacial score (nSPS) is 11.1. The molecule has 0 saturated heterocycles. The first-order valence-electron chi connectivity index (χ1n) is 5.13. The summed E-state index contributed by atoms with van der Waals surface area (Å²) in [6, 6.07) is 4.95. The second-order valence-electron chi connectivity index (χ2n) is 3.54. The van der Waals surface area contributed by atoms with Gasteiger partial charge in [0.05, 0.1) is 4.92 Å². The molecule has 0 amide bonds. The Labute approximate surface area is 112 Å². The largest absolute Gasteiger partial charge is 0.363 e. The Morgan fingerprint density at radius 1 is 1.35 bits per heavy atom. The first kappa shape index (κ1) is 13.8. The van der Waals surface area contributed by atoms with Gasteiger partial charge in [-0.3, -0.25) is 20.7 Å². The van der Waals surface area contributed by atoms with Gasteiger partial charge >= 0.3 is 5.69 Å². The highest BCUT2D eigenvalue weighted by atomic mass is 32.2. The molecule has 0 radical (unpaired) electrons. The van der Waals surface area contributed by atoms with Crippen molar-refractivity contribution in [2.24, 2.45) is 5.84 Å². The number of nitrogens with two attached hydrogens (primary N) is 1. The van der Waals surface area contributed by atoms with Crippen molar-refractivity contribution in [1.82, 2.24) is 5.16 Å². The Morgan fingerprint density at radius 2 is 2.10 bits per heavy atom. The summed E-state index contributed by atoms with van der Waals surface area (Å²) in [4.78, 5) is 9.65. The molecule has 10 nitrogen and oxygen atoms in total. The highest BCUT2D eigenvalue weighted by Gasteiger charge is 2.29. The van der Waals surface area contributed by atoms with Gasteiger partial charge in [-0.2, -0.15) is 0 Å². The number of anilines is 2. The fourth-order valence-corrected chi connectivity index (χ4v) is 2.69. The zero-order valence-corrected chi connectivity index (χ0v) is 10.6.